The first-order chi connectivity index (χ1) is 12.7. The molecule has 5 heteroatoms. The van der Waals surface area contributed by atoms with Crippen LogP contribution in [-0.2, 0) is 9.53 Å². The van der Waals surface area contributed by atoms with E-state index in [1.54, 1.807) is 13.2 Å². The predicted molar refractivity (Wildman–Crippen MR) is 104 cm³/mol. The number of carbonyl (C=O) groups excluding carboxylic acids is 1. The van der Waals surface area contributed by atoms with Crippen LogP contribution in [0.15, 0.2) is 36.9 Å². The Morgan fingerprint density at radius 2 is 2.08 bits per heavy atom. The summed E-state index contributed by atoms with van der Waals surface area (Å²) in [6.45, 7) is 10.6. The molecule has 144 valence electrons. The number of hydrogen-bond donors (Lipinski definition) is 0. The smallest absolute Gasteiger partial charge is 0.222 e. The summed E-state index contributed by atoms with van der Waals surface area (Å²) in [5.74, 6) is 1.12. The summed E-state index contributed by atoms with van der Waals surface area (Å²) in [4.78, 5) is 16.5. The van der Waals surface area contributed by atoms with E-state index in [0.29, 0.717) is 18.9 Å². The van der Waals surface area contributed by atoms with Gasteiger partial charge >= 0.3 is 0 Å². The second-order valence-electron chi connectivity index (χ2n) is 6.67. The van der Waals surface area contributed by atoms with Crippen LogP contribution < -0.4 is 4.74 Å². The van der Waals surface area contributed by atoms with Gasteiger partial charge in [-0.25, -0.2) is 0 Å². The molecule has 1 aliphatic heterocycles. The standard InChI is InChI=1S/C21H32N2O3/c1-4-6-10-21(24)23-13-11-22(12-14-23)17-20(26-15-5-2)18-8-7-9-19(16-18)25-3/h5,7-9,16,20H,2,4,6,10-15,17H2,1,3H3. The molecule has 5 nitrogen and oxygen atoms in total. The Labute approximate surface area is 157 Å². The largest absolute Gasteiger partial charge is 0.497 e. The molecule has 1 unspecified atom stereocenters. The van der Waals surface area contributed by atoms with Crippen molar-refractivity contribution in [1.82, 2.24) is 9.80 Å². The number of hydrogen-bond acceptors (Lipinski definition) is 4. The highest BCUT2D eigenvalue weighted by atomic mass is 16.5. The van der Waals surface area contributed by atoms with Gasteiger partial charge in [0.05, 0.1) is 19.8 Å². The van der Waals surface area contributed by atoms with Crippen molar-refractivity contribution in [3.63, 3.8) is 0 Å². The molecule has 1 heterocycles. The molecule has 0 N–H and O–H groups in total. The van der Waals surface area contributed by atoms with Crippen LogP contribution >= 0.6 is 0 Å². The summed E-state index contributed by atoms with van der Waals surface area (Å²) in [5, 5.41) is 0. The van der Waals surface area contributed by atoms with Crippen molar-refractivity contribution < 1.29 is 14.3 Å². The number of benzene rings is 1. The number of unbranched alkanes of at least 4 members (excludes halogenated alkanes) is 1. The first-order valence-corrected chi connectivity index (χ1v) is 9.54. The monoisotopic (exact) mass is 360 g/mol. The maximum absolute atomic E-state index is 12.2. The summed E-state index contributed by atoms with van der Waals surface area (Å²) in [7, 11) is 1.67. The van der Waals surface area contributed by atoms with Crippen molar-refractivity contribution in [3.05, 3.63) is 42.5 Å². The molecule has 0 aliphatic carbocycles. The van der Waals surface area contributed by atoms with Gasteiger partial charge < -0.3 is 14.4 Å². The van der Waals surface area contributed by atoms with Gasteiger partial charge in [-0.2, -0.15) is 0 Å². The van der Waals surface area contributed by atoms with Crippen LogP contribution in [0.3, 0.4) is 0 Å². The zero-order chi connectivity index (χ0) is 18.8. The maximum atomic E-state index is 12.2. The molecule has 1 saturated heterocycles. The fourth-order valence-corrected chi connectivity index (χ4v) is 3.18. The highest BCUT2D eigenvalue weighted by molar-refractivity contribution is 5.76. The van der Waals surface area contributed by atoms with E-state index >= 15 is 0 Å². The average Bonchev–Trinajstić information content (AvgIpc) is 2.69. The summed E-state index contributed by atoms with van der Waals surface area (Å²) < 4.78 is 11.3. The van der Waals surface area contributed by atoms with E-state index in [1.165, 1.54) is 0 Å². The Bertz CT molecular complexity index is 568. The van der Waals surface area contributed by atoms with Crippen molar-refractivity contribution in [2.45, 2.75) is 32.3 Å². The molecule has 0 radical (unpaired) electrons. The molecule has 0 bridgehead atoms. The first-order valence-electron chi connectivity index (χ1n) is 9.54. The second kappa shape index (κ2) is 11.0. The van der Waals surface area contributed by atoms with Gasteiger partial charge in [0.2, 0.25) is 5.91 Å². The molecule has 26 heavy (non-hydrogen) atoms. The molecule has 0 saturated carbocycles. The van der Waals surface area contributed by atoms with Crippen molar-refractivity contribution in [1.29, 1.82) is 0 Å². The van der Waals surface area contributed by atoms with Crippen molar-refractivity contribution in [2.75, 3.05) is 46.4 Å². The van der Waals surface area contributed by atoms with Gasteiger partial charge in [0, 0.05) is 39.1 Å². The topological polar surface area (TPSA) is 42.0 Å². The van der Waals surface area contributed by atoms with Crippen LogP contribution in [0, 0.1) is 0 Å². The molecule has 1 fully saturated rings. The SMILES string of the molecule is C=CCOC(CN1CCN(C(=O)CCCC)CC1)c1cccc(OC)c1. The molecular weight excluding hydrogens is 328 g/mol. The minimum atomic E-state index is -0.0366. The molecule has 1 aliphatic rings. The van der Waals surface area contributed by atoms with Crippen LogP contribution in [0.1, 0.15) is 37.9 Å². The van der Waals surface area contributed by atoms with Crippen LogP contribution in [-0.4, -0.2) is 62.1 Å². The summed E-state index contributed by atoms with van der Waals surface area (Å²) >= 11 is 0. The third kappa shape index (κ3) is 6.15. The van der Waals surface area contributed by atoms with E-state index in [4.69, 9.17) is 9.47 Å². The maximum Gasteiger partial charge on any atom is 0.222 e. The summed E-state index contributed by atoms with van der Waals surface area (Å²) in [5.41, 5.74) is 1.10. The average molecular weight is 360 g/mol. The van der Waals surface area contributed by atoms with Crippen LogP contribution in [0.5, 0.6) is 5.75 Å². The minimum absolute atomic E-state index is 0.0366. The quantitative estimate of drug-likeness (QED) is 0.601. The Kier molecular flexibility index (Phi) is 8.65. The van der Waals surface area contributed by atoms with E-state index in [-0.39, 0.29) is 6.10 Å². The first kappa shape index (κ1) is 20.5. The molecule has 0 spiro atoms. The fourth-order valence-electron chi connectivity index (χ4n) is 3.18. The van der Waals surface area contributed by atoms with Gasteiger partial charge in [-0.1, -0.05) is 31.6 Å². The lowest BCUT2D eigenvalue weighted by Crippen LogP contribution is -2.49. The fraction of sp³-hybridized carbons (Fsp3) is 0.571. The third-order valence-corrected chi connectivity index (χ3v) is 4.77. The zero-order valence-electron chi connectivity index (χ0n) is 16.2. The second-order valence-corrected chi connectivity index (χ2v) is 6.67. The predicted octanol–water partition coefficient (Wildman–Crippen LogP) is 3.27. The number of ether oxygens (including phenoxy) is 2. The van der Waals surface area contributed by atoms with Gasteiger partial charge in [-0.15, -0.1) is 6.58 Å². The van der Waals surface area contributed by atoms with E-state index in [0.717, 1.165) is 56.9 Å². The minimum Gasteiger partial charge on any atom is -0.497 e. The van der Waals surface area contributed by atoms with Crippen molar-refractivity contribution in [2.24, 2.45) is 0 Å². The molecule has 1 aromatic carbocycles. The number of amides is 1. The molecule has 2 rings (SSSR count). The Hall–Kier alpha value is -1.85. The molecule has 0 aromatic heterocycles. The molecular formula is C21H32N2O3. The van der Waals surface area contributed by atoms with Crippen molar-refractivity contribution >= 4 is 5.91 Å². The van der Waals surface area contributed by atoms with Gasteiger partial charge in [-0.05, 0) is 24.1 Å². The zero-order valence-corrected chi connectivity index (χ0v) is 16.2. The van der Waals surface area contributed by atoms with E-state index in [9.17, 15) is 4.79 Å². The Morgan fingerprint density at radius 3 is 2.73 bits per heavy atom. The van der Waals surface area contributed by atoms with Crippen LogP contribution in [0.25, 0.3) is 0 Å². The number of methoxy groups -OCH3 is 1. The van der Waals surface area contributed by atoms with Crippen LogP contribution in [0.2, 0.25) is 0 Å². The molecule has 1 amide bonds. The van der Waals surface area contributed by atoms with E-state index in [1.807, 2.05) is 23.1 Å². The van der Waals surface area contributed by atoms with Crippen LogP contribution in [0.4, 0.5) is 0 Å². The van der Waals surface area contributed by atoms with Gasteiger partial charge in [0.1, 0.15) is 5.75 Å². The summed E-state index contributed by atoms with van der Waals surface area (Å²) in [6.07, 6.45) is 4.45. The van der Waals surface area contributed by atoms with E-state index < -0.39 is 0 Å². The van der Waals surface area contributed by atoms with Gasteiger partial charge in [0.15, 0.2) is 0 Å². The number of nitrogens with zero attached hydrogens (tertiary/aromatic N) is 2. The Balaban J connectivity index is 1.92. The lowest BCUT2D eigenvalue weighted by atomic mass is 10.1. The normalized spacial score (nSPS) is 16.3. The highest BCUT2D eigenvalue weighted by Gasteiger charge is 2.23. The van der Waals surface area contributed by atoms with Gasteiger partial charge in [-0.3, -0.25) is 9.69 Å². The summed E-state index contributed by atoms with van der Waals surface area (Å²) in [6, 6.07) is 8.02. The molecule has 1 atom stereocenters. The lowest BCUT2D eigenvalue weighted by molar-refractivity contribution is -0.133. The number of carbonyl (C=O) groups is 1. The Morgan fingerprint density at radius 1 is 1.31 bits per heavy atom. The van der Waals surface area contributed by atoms with Gasteiger partial charge in [0.25, 0.3) is 0 Å². The van der Waals surface area contributed by atoms with Crippen molar-refractivity contribution in [3.8, 4) is 5.75 Å². The lowest BCUT2D eigenvalue weighted by Gasteiger charge is -2.36. The van der Waals surface area contributed by atoms with E-state index in [2.05, 4.69) is 24.5 Å². The molecule has 1 aromatic rings. The highest BCUT2D eigenvalue weighted by Crippen LogP contribution is 2.24. The third-order valence-electron chi connectivity index (χ3n) is 4.77. The number of rotatable bonds is 10. The number of piperazine rings is 1.